The molecule has 0 aromatic carbocycles. The van der Waals surface area contributed by atoms with Crippen molar-refractivity contribution in [2.75, 3.05) is 31.6 Å². The number of halogens is 3. The monoisotopic (exact) mass is 299 g/mol. The molecule has 1 saturated heterocycles. The van der Waals surface area contributed by atoms with Crippen LogP contribution in [0.15, 0.2) is 0 Å². The molecule has 1 fully saturated rings. The van der Waals surface area contributed by atoms with E-state index in [0.717, 1.165) is 24.8 Å². The summed E-state index contributed by atoms with van der Waals surface area (Å²) in [4.78, 5) is 13.4. The van der Waals surface area contributed by atoms with Crippen molar-refractivity contribution in [1.82, 2.24) is 4.90 Å². The Hall–Kier alpha value is -0.230. The maximum Gasteiger partial charge on any atom is 0.261 e. The molecule has 0 aromatic rings. The highest BCUT2D eigenvalue weighted by Gasteiger charge is 2.24. The van der Waals surface area contributed by atoms with Crippen LogP contribution in [-0.4, -0.2) is 48.9 Å². The van der Waals surface area contributed by atoms with Crippen LogP contribution < -0.4 is 0 Å². The van der Waals surface area contributed by atoms with Gasteiger partial charge in [0.2, 0.25) is 5.91 Å². The van der Waals surface area contributed by atoms with Crippen molar-refractivity contribution in [2.24, 2.45) is 5.92 Å². The van der Waals surface area contributed by atoms with Crippen molar-refractivity contribution in [1.29, 1.82) is 0 Å². The largest absolute Gasteiger partial charge is 0.375 e. The van der Waals surface area contributed by atoms with Gasteiger partial charge in [-0.3, -0.25) is 4.79 Å². The molecule has 6 heteroatoms. The number of carbonyl (C=O) groups excluding carboxylic acids is 1. The zero-order valence-electron chi connectivity index (χ0n) is 9.00. The van der Waals surface area contributed by atoms with E-state index in [4.69, 9.17) is 0 Å². The summed E-state index contributed by atoms with van der Waals surface area (Å²) < 4.78 is 28.1. The number of hydrogen-bond acceptors (Lipinski definition) is 2. The number of nitrogens with zero attached hydrogens (tertiary/aromatic N) is 1. The van der Waals surface area contributed by atoms with E-state index in [1.165, 1.54) is 0 Å². The number of rotatable bonds is 6. The molecule has 1 aliphatic heterocycles. The van der Waals surface area contributed by atoms with Crippen LogP contribution in [0.2, 0.25) is 0 Å². The normalized spacial score (nSPS) is 20.8. The van der Waals surface area contributed by atoms with Gasteiger partial charge in [-0.2, -0.15) is 0 Å². The standard InChI is InChI=1S/C10H16BrF2NO2/c11-5-8-1-3-14(6-8)10(15)2-4-16-7-9(12)13/h8-9H,1-7H2. The summed E-state index contributed by atoms with van der Waals surface area (Å²) in [5.74, 6) is 0.517. The van der Waals surface area contributed by atoms with Crippen LogP contribution in [0.1, 0.15) is 12.8 Å². The van der Waals surface area contributed by atoms with Gasteiger partial charge in [0.05, 0.1) is 13.0 Å². The van der Waals surface area contributed by atoms with Crippen LogP contribution >= 0.6 is 15.9 Å². The maximum atomic E-state index is 11.7. The predicted octanol–water partition coefficient (Wildman–Crippen LogP) is 1.90. The Morgan fingerprint density at radius 2 is 2.31 bits per heavy atom. The van der Waals surface area contributed by atoms with E-state index in [1.807, 2.05) is 0 Å². The van der Waals surface area contributed by atoms with Gasteiger partial charge in [-0.1, -0.05) is 15.9 Å². The van der Waals surface area contributed by atoms with Gasteiger partial charge in [-0.15, -0.1) is 0 Å². The van der Waals surface area contributed by atoms with E-state index < -0.39 is 13.0 Å². The third kappa shape index (κ3) is 4.74. The predicted molar refractivity (Wildman–Crippen MR) is 59.9 cm³/mol. The van der Waals surface area contributed by atoms with Crippen LogP contribution in [0.25, 0.3) is 0 Å². The molecule has 0 N–H and O–H groups in total. The summed E-state index contributed by atoms with van der Waals surface area (Å²) >= 11 is 3.39. The molecule has 1 amide bonds. The van der Waals surface area contributed by atoms with E-state index in [2.05, 4.69) is 20.7 Å². The molecule has 1 aliphatic rings. The minimum Gasteiger partial charge on any atom is -0.375 e. The highest BCUT2D eigenvalue weighted by Crippen LogP contribution is 2.18. The number of likely N-dealkylation sites (tertiary alicyclic amines) is 1. The highest BCUT2D eigenvalue weighted by molar-refractivity contribution is 9.09. The van der Waals surface area contributed by atoms with Crippen LogP contribution in [0.5, 0.6) is 0 Å². The van der Waals surface area contributed by atoms with Gasteiger partial charge in [0, 0.05) is 18.4 Å². The van der Waals surface area contributed by atoms with Gasteiger partial charge < -0.3 is 9.64 Å². The number of hydrogen-bond donors (Lipinski definition) is 0. The van der Waals surface area contributed by atoms with Gasteiger partial charge in [-0.25, -0.2) is 8.78 Å². The highest BCUT2D eigenvalue weighted by atomic mass is 79.9. The molecule has 0 aliphatic carbocycles. The summed E-state index contributed by atoms with van der Waals surface area (Å²) in [7, 11) is 0. The Morgan fingerprint density at radius 3 is 2.88 bits per heavy atom. The summed E-state index contributed by atoms with van der Waals surface area (Å²) in [6.07, 6.45) is -1.25. The molecule has 94 valence electrons. The minimum atomic E-state index is -2.46. The first-order chi connectivity index (χ1) is 7.63. The third-order valence-electron chi connectivity index (χ3n) is 2.56. The van der Waals surface area contributed by atoms with Crippen LogP contribution in [-0.2, 0) is 9.53 Å². The van der Waals surface area contributed by atoms with Crippen molar-refractivity contribution in [3.8, 4) is 0 Å². The summed E-state index contributed by atoms with van der Waals surface area (Å²) in [6, 6.07) is 0. The second-order valence-corrected chi connectivity index (χ2v) is 4.51. The summed E-state index contributed by atoms with van der Waals surface area (Å²) in [5, 5.41) is 0.901. The lowest BCUT2D eigenvalue weighted by atomic mass is 10.2. The van der Waals surface area contributed by atoms with Crippen LogP contribution in [0.3, 0.4) is 0 Å². The molecular formula is C10H16BrF2NO2. The molecule has 16 heavy (non-hydrogen) atoms. The number of carbonyl (C=O) groups is 1. The van der Waals surface area contributed by atoms with Crippen LogP contribution in [0, 0.1) is 5.92 Å². The van der Waals surface area contributed by atoms with E-state index in [9.17, 15) is 13.6 Å². The summed E-state index contributed by atoms with van der Waals surface area (Å²) in [6.45, 7) is 1.03. The topological polar surface area (TPSA) is 29.5 Å². The number of amides is 1. The first kappa shape index (κ1) is 13.8. The van der Waals surface area contributed by atoms with Gasteiger partial charge in [-0.05, 0) is 12.3 Å². The molecule has 0 saturated carbocycles. The lowest BCUT2D eigenvalue weighted by molar-refractivity contribution is -0.131. The number of ether oxygens (including phenoxy) is 1. The van der Waals surface area contributed by atoms with Crippen LogP contribution in [0.4, 0.5) is 8.78 Å². The van der Waals surface area contributed by atoms with Gasteiger partial charge in [0.1, 0.15) is 6.61 Å². The van der Waals surface area contributed by atoms with E-state index >= 15 is 0 Å². The minimum absolute atomic E-state index is 0.00211. The molecule has 1 rings (SSSR count). The molecule has 0 spiro atoms. The zero-order valence-corrected chi connectivity index (χ0v) is 10.6. The fraction of sp³-hybridized carbons (Fsp3) is 0.900. The molecule has 1 atom stereocenters. The van der Waals surface area contributed by atoms with E-state index in [0.29, 0.717) is 5.92 Å². The Kier molecular flexibility index (Phi) is 6.20. The molecular weight excluding hydrogens is 284 g/mol. The maximum absolute atomic E-state index is 11.7. The first-order valence-corrected chi connectivity index (χ1v) is 6.45. The lowest BCUT2D eigenvalue weighted by Crippen LogP contribution is -2.29. The molecule has 1 unspecified atom stereocenters. The molecule has 0 radical (unpaired) electrons. The second kappa shape index (κ2) is 7.17. The third-order valence-corrected chi connectivity index (χ3v) is 3.48. The number of alkyl halides is 3. The smallest absolute Gasteiger partial charge is 0.261 e. The van der Waals surface area contributed by atoms with E-state index in [-0.39, 0.29) is 18.9 Å². The Balaban J connectivity index is 2.11. The van der Waals surface area contributed by atoms with Gasteiger partial charge in [0.25, 0.3) is 6.43 Å². The average molecular weight is 300 g/mol. The average Bonchev–Trinajstić information content (AvgIpc) is 2.72. The molecule has 1 heterocycles. The van der Waals surface area contributed by atoms with Gasteiger partial charge >= 0.3 is 0 Å². The van der Waals surface area contributed by atoms with Crippen molar-refractivity contribution < 1.29 is 18.3 Å². The fourth-order valence-corrected chi connectivity index (χ4v) is 2.20. The second-order valence-electron chi connectivity index (χ2n) is 3.86. The van der Waals surface area contributed by atoms with Crippen molar-refractivity contribution in [3.05, 3.63) is 0 Å². The molecule has 0 aromatic heterocycles. The van der Waals surface area contributed by atoms with Gasteiger partial charge in [0.15, 0.2) is 0 Å². The lowest BCUT2D eigenvalue weighted by Gasteiger charge is -2.15. The Morgan fingerprint density at radius 1 is 1.56 bits per heavy atom. The fourth-order valence-electron chi connectivity index (χ4n) is 1.68. The Labute approximate surface area is 102 Å². The quantitative estimate of drug-likeness (QED) is 0.554. The summed E-state index contributed by atoms with van der Waals surface area (Å²) in [5.41, 5.74) is 0. The van der Waals surface area contributed by atoms with E-state index in [1.54, 1.807) is 4.90 Å². The SMILES string of the molecule is O=C(CCOCC(F)F)N1CCC(CBr)C1. The van der Waals surface area contributed by atoms with Crippen molar-refractivity contribution in [3.63, 3.8) is 0 Å². The Bertz CT molecular complexity index is 229. The molecule has 0 bridgehead atoms. The zero-order chi connectivity index (χ0) is 12.0. The van der Waals surface area contributed by atoms with Crippen molar-refractivity contribution >= 4 is 21.8 Å². The van der Waals surface area contributed by atoms with Crippen molar-refractivity contribution in [2.45, 2.75) is 19.3 Å². The molecule has 3 nitrogen and oxygen atoms in total. The first-order valence-electron chi connectivity index (χ1n) is 5.33.